The minimum atomic E-state index is -0.741. The number of carboxylic acids is 1. The van der Waals surface area contributed by atoms with Gasteiger partial charge in [0, 0.05) is 6.42 Å². The fraction of sp³-hybridized carbons (Fsp3) is 0.650. The van der Waals surface area contributed by atoms with Crippen LogP contribution in [0.5, 0.6) is 0 Å². The van der Waals surface area contributed by atoms with E-state index in [-0.39, 0.29) is 12.5 Å². The van der Waals surface area contributed by atoms with Crippen molar-refractivity contribution in [2.45, 2.75) is 83.0 Å². The first-order chi connectivity index (χ1) is 11.6. The van der Waals surface area contributed by atoms with Gasteiger partial charge in [-0.3, -0.25) is 4.79 Å². The fourth-order valence-corrected chi connectivity index (χ4v) is 2.47. The van der Waals surface area contributed by atoms with Gasteiger partial charge in [-0.15, -0.1) is 0 Å². The van der Waals surface area contributed by atoms with Gasteiger partial charge in [0.15, 0.2) is 0 Å². The van der Waals surface area contributed by atoms with Gasteiger partial charge in [0.2, 0.25) is 0 Å². The highest BCUT2D eigenvalue weighted by Crippen LogP contribution is 2.28. The molecule has 1 saturated heterocycles. The van der Waals surface area contributed by atoms with Gasteiger partial charge in [-0.2, -0.15) is 0 Å². The zero-order chi connectivity index (χ0) is 17.6. The molecule has 136 valence electrons. The summed E-state index contributed by atoms with van der Waals surface area (Å²) < 4.78 is 5.56. The molecule has 1 aliphatic heterocycles. The smallest absolute Gasteiger partial charge is 0.303 e. The van der Waals surface area contributed by atoms with Gasteiger partial charge in [-0.1, -0.05) is 62.6 Å². The SMILES string of the molecule is CCCCC[C@@H]1O[C@H]1/C=C/[C@H](O)C/C=C\C/C=C\CCCC(=O)O. The van der Waals surface area contributed by atoms with Gasteiger partial charge in [-0.25, -0.2) is 0 Å². The second-order valence-corrected chi connectivity index (χ2v) is 6.29. The lowest BCUT2D eigenvalue weighted by Crippen LogP contribution is -2.00. The number of ether oxygens (including phenoxy) is 1. The third-order valence-corrected chi connectivity index (χ3v) is 3.98. The number of carbonyl (C=O) groups is 1. The number of aliphatic carboxylic acids is 1. The molecule has 0 unspecified atom stereocenters. The van der Waals surface area contributed by atoms with Crippen LogP contribution in [0, 0.1) is 0 Å². The Bertz CT molecular complexity index is 425. The summed E-state index contributed by atoms with van der Waals surface area (Å²) in [4.78, 5) is 10.3. The highest BCUT2D eigenvalue weighted by Gasteiger charge is 2.35. The van der Waals surface area contributed by atoms with Crippen molar-refractivity contribution >= 4 is 5.97 Å². The lowest BCUT2D eigenvalue weighted by Gasteiger charge is -1.99. The van der Waals surface area contributed by atoms with Crippen LogP contribution in [0.4, 0.5) is 0 Å². The normalized spacial score (nSPS) is 21.9. The Morgan fingerprint density at radius 3 is 2.71 bits per heavy atom. The summed E-state index contributed by atoms with van der Waals surface area (Å²) in [7, 11) is 0. The first kappa shape index (κ1) is 20.7. The average Bonchev–Trinajstić information content (AvgIpc) is 3.30. The molecule has 2 N–H and O–H groups in total. The number of aliphatic hydroxyl groups excluding tert-OH is 1. The van der Waals surface area contributed by atoms with Crippen LogP contribution in [-0.4, -0.2) is 34.5 Å². The summed E-state index contributed by atoms with van der Waals surface area (Å²) in [6, 6.07) is 0. The van der Waals surface area contributed by atoms with Gasteiger partial charge in [0.05, 0.1) is 12.2 Å². The predicted octanol–water partition coefficient (Wildman–Crippen LogP) is 4.40. The Kier molecular flexibility index (Phi) is 11.2. The maximum atomic E-state index is 10.3. The number of allylic oxidation sites excluding steroid dienone is 3. The Morgan fingerprint density at radius 2 is 1.96 bits per heavy atom. The molecular weight excluding hydrogens is 304 g/mol. The van der Waals surface area contributed by atoms with Gasteiger partial charge < -0.3 is 14.9 Å². The highest BCUT2D eigenvalue weighted by molar-refractivity contribution is 5.66. The van der Waals surface area contributed by atoms with Crippen molar-refractivity contribution in [3.63, 3.8) is 0 Å². The van der Waals surface area contributed by atoms with E-state index in [2.05, 4.69) is 6.92 Å². The molecule has 0 aromatic heterocycles. The summed E-state index contributed by atoms with van der Waals surface area (Å²) in [6.45, 7) is 2.20. The second-order valence-electron chi connectivity index (χ2n) is 6.29. The minimum absolute atomic E-state index is 0.203. The summed E-state index contributed by atoms with van der Waals surface area (Å²) in [5.41, 5.74) is 0. The topological polar surface area (TPSA) is 70.1 Å². The average molecular weight is 336 g/mol. The molecule has 0 bridgehead atoms. The van der Waals surface area contributed by atoms with Crippen molar-refractivity contribution in [1.29, 1.82) is 0 Å². The van der Waals surface area contributed by atoms with Crippen LogP contribution in [0.2, 0.25) is 0 Å². The molecule has 0 spiro atoms. The second kappa shape index (κ2) is 13.0. The number of carboxylic acid groups (broad SMARTS) is 1. The summed E-state index contributed by atoms with van der Waals surface area (Å²) in [5, 5.41) is 18.4. The minimum Gasteiger partial charge on any atom is -0.481 e. The maximum Gasteiger partial charge on any atom is 0.303 e. The predicted molar refractivity (Wildman–Crippen MR) is 97.0 cm³/mol. The zero-order valence-corrected chi connectivity index (χ0v) is 14.8. The van der Waals surface area contributed by atoms with Crippen molar-refractivity contribution in [3.05, 3.63) is 36.5 Å². The Balaban J connectivity index is 2.01. The fourth-order valence-electron chi connectivity index (χ4n) is 2.47. The van der Waals surface area contributed by atoms with E-state index in [0.29, 0.717) is 18.9 Å². The number of epoxide rings is 1. The number of hydrogen-bond donors (Lipinski definition) is 2. The van der Waals surface area contributed by atoms with Crippen molar-refractivity contribution in [2.24, 2.45) is 0 Å². The molecule has 0 saturated carbocycles. The third kappa shape index (κ3) is 11.2. The molecule has 1 heterocycles. The summed E-state index contributed by atoms with van der Waals surface area (Å²) in [6.07, 6.45) is 19.9. The number of hydrogen-bond acceptors (Lipinski definition) is 3. The van der Waals surface area contributed by atoms with Crippen LogP contribution < -0.4 is 0 Å². The van der Waals surface area contributed by atoms with E-state index in [1.165, 1.54) is 19.3 Å². The Labute approximate surface area is 145 Å². The van der Waals surface area contributed by atoms with Gasteiger partial charge in [0.1, 0.15) is 6.10 Å². The Hall–Kier alpha value is -1.39. The largest absolute Gasteiger partial charge is 0.481 e. The van der Waals surface area contributed by atoms with Crippen molar-refractivity contribution in [2.75, 3.05) is 0 Å². The molecule has 4 nitrogen and oxygen atoms in total. The summed E-state index contributed by atoms with van der Waals surface area (Å²) in [5.74, 6) is -0.741. The Morgan fingerprint density at radius 1 is 1.17 bits per heavy atom. The lowest BCUT2D eigenvalue weighted by molar-refractivity contribution is -0.137. The molecule has 1 fully saturated rings. The highest BCUT2D eigenvalue weighted by atomic mass is 16.6. The molecule has 0 amide bonds. The molecule has 0 aliphatic carbocycles. The zero-order valence-electron chi connectivity index (χ0n) is 14.8. The molecule has 4 heteroatoms. The van der Waals surface area contributed by atoms with E-state index in [0.717, 1.165) is 19.3 Å². The van der Waals surface area contributed by atoms with Crippen molar-refractivity contribution in [3.8, 4) is 0 Å². The van der Waals surface area contributed by atoms with Crippen molar-refractivity contribution in [1.82, 2.24) is 0 Å². The van der Waals surface area contributed by atoms with E-state index in [4.69, 9.17) is 9.84 Å². The van der Waals surface area contributed by atoms with E-state index in [1.54, 1.807) is 0 Å². The first-order valence-electron chi connectivity index (χ1n) is 9.17. The number of rotatable bonds is 14. The molecular formula is C20H32O4. The molecule has 1 rings (SSSR count). The number of unbranched alkanes of at least 4 members (excludes halogenated alkanes) is 3. The van der Waals surface area contributed by atoms with Crippen LogP contribution in [0.3, 0.4) is 0 Å². The van der Waals surface area contributed by atoms with Crippen molar-refractivity contribution < 1.29 is 19.7 Å². The maximum absolute atomic E-state index is 10.3. The molecule has 0 aromatic carbocycles. The molecule has 1 aliphatic rings. The monoisotopic (exact) mass is 336 g/mol. The molecule has 0 radical (unpaired) electrons. The lowest BCUT2D eigenvalue weighted by atomic mass is 10.1. The van der Waals surface area contributed by atoms with Gasteiger partial charge in [0.25, 0.3) is 0 Å². The standard InChI is InChI=1S/C20H32O4/c1-2-3-9-13-18-19(24-18)16-15-17(21)12-10-7-5-4-6-8-11-14-20(22)23/h4,6-7,10,15-19,21H,2-3,5,8-9,11-14H2,1H3,(H,22,23)/b6-4-,10-7-,16-15+/t17-,18+,19+/m1/s1. The van der Waals surface area contributed by atoms with E-state index in [9.17, 15) is 9.90 Å². The molecule has 0 aromatic rings. The first-order valence-corrected chi connectivity index (χ1v) is 9.17. The van der Waals surface area contributed by atoms with Crippen LogP contribution >= 0.6 is 0 Å². The summed E-state index contributed by atoms with van der Waals surface area (Å²) >= 11 is 0. The van der Waals surface area contributed by atoms with Crippen LogP contribution in [0.1, 0.15) is 64.7 Å². The van der Waals surface area contributed by atoms with Crippen LogP contribution in [-0.2, 0) is 9.53 Å². The van der Waals surface area contributed by atoms with Crippen LogP contribution in [0.15, 0.2) is 36.5 Å². The molecule has 3 atom stereocenters. The van der Waals surface area contributed by atoms with Crippen LogP contribution in [0.25, 0.3) is 0 Å². The van der Waals surface area contributed by atoms with Gasteiger partial charge >= 0.3 is 5.97 Å². The van der Waals surface area contributed by atoms with E-state index < -0.39 is 12.1 Å². The van der Waals surface area contributed by atoms with E-state index in [1.807, 2.05) is 36.5 Å². The van der Waals surface area contributed by atoms with E-state index >= 15 is 0 Å². The third-order valence-electron chi connectivity index (χ3n) is 3.98. The quantitative estimate of drug-likeness (QED) is 0.280. The molecule has 24 heavy (non-hydrogen) atoms. The number of aliphatic hydroxyl groups is 1. The van der Waals surface area contributed by atoms with Gasteiger partial charge in [-0.05, 0) is 32.1 Å².